The molecule has 2 unspecified atom stereocenters. The van der Waals surface area contributed by atoms with Gasteiger partial charge in [0.2, 0.25) is 5.91 Å². The average Bonchev–Trinajstić information content (AvgIpc) is 2.65. The van der Waals surface area contributed by atoms with Gasteiger partial charge in [-0.25, -0.2) is 4.79 Å². The summed E-state index contributed by atoms with van der Waals surface area (Å²) in [5.74, 6) is -1.37. The Balaban J connectivity index is 2.75. The van der Waals surface area contributed by atoms with Crippen LogP contribution in [0, 0.1) is 0 Å². The molecule has 2 atom stereocenters. The van der Waals surface area contributed by atoms with Crippen LogP contribution in [0.15, 0.2) is 35.6 Å². The van der Waals surface area contributed by atoms with Crippen LogP contribution in [0.5, 0.6) is 0 Å². The fourth-order valence-corrected chi connectivity index (χ4v) is 1.91. The smallest absolute Gasteiger partial charge is 0.326 e. The maximum atomic E-state index is 11.1. The van der Waals surface area contributed by atoms with E-state index in [2.05, 4.69) is 10.6 Å². The van der Waals surface area contributed by atoms with Crippen molar-refractivity contribution >= 4 is 11.9 Å². The Morgan fingerprint density at radius 3 is 2.79 bits per heavy atom. The van der Waals surface area contributed by atoms with Crippen LogP contribution in [0.2, 0.25) is 0 Å². The molecule has 0 aromatic carbocycles. The Hall–Kier alpha value is -2.04. The minimum absolute atomic E-state index is 0.151. The summed E-state index contributed by atoms with van der Waals surface area (Å²) in [6, 6.07) is -0.748. The lowest BCUT2D eigenvalue weighted by Crippen LogP contribution is -2.40. The SMILES string of the molecule is C/C=C\C=C1\C=C(CC(NC(C)=O)C(=O)O)NC1C. The van der Waals surface area contributed by atoms with Gasteiger partial charge in [-0.05, 0) is 25.5 Å². The first kappa shape index (κ1) is 15.0. The van der Waals surface area contributed by atoms with Crippen LogP contribution in [-0.2, 0) is 9.59 Å². The zero-order valence-electron chi connectivity index (χ0n) is 11.4. The van der Waals surface area contributed by atoms with E-state index < -0.39 is 12.0 Å². The maximum absolute atomic E-state index is 11.1. The van der Waals surface area contributed by atoms with Crippen LogP contribution < -0.4 is 10.6 Å². The number of hydrogen-bond acceptors (Lipinski definition) is 3. The van der Waals surface area contributed by atoms with Gasteiger partial charge in [0.1, 0.15) is 6.04 Å². The molecule has 5 heteroatoms. The molecular formula is C14H20N2O3. The van der Waals surface area contributed by atoms with Crippen molar-refractivity contribution in [1.82, 2.24) is 10.6 Å². The van der Waals surface area contributed by atoms with Gasteiger partial charge < -0.3 is 15.7 Å². The first-order chi connectivity index (χ1) is 8.93. The van der Waals surface area contributed by atoms with Crippen molar-refractivity contribution < 1.29 is 14.7 Å². The third-order valence-electron chi connectivity index (χ3n) is 2.82. The molecule has 0 fully saturated rings. The second-order valence-corrected chi connectivity index (χ2v) is 4.52. The minimum atomic E-state index is -1.03. The lowest BCUT2D eigenvalue weighted by molar-refractivity contribution is -0.141. The molecule has 0 spiro atoms. The number of rotatable bonds is 5. The molecular weight excluding hydrogens is 244 g/mol. The molecule has 1 rings (SSSR count). The Bertz CT molecular complexity index is 450. The Morgan fingerprint density at radius 2 is 2.26 bits per heavy atom. The fourth-order valence-electron chi connectivity index (χ4n) is 1.91. The van der Waals surface area contributed by atoms with E-state index in [1.54, 1.807) is 0 Å². The quantitative estimate of drug-likeness (QED) is 0.700. The van der Waals surface area contributed by atoms with Gasteiger partial charge in [-0.1, -0.05) is 18.2 Å². The third-order valence-corrected chi connectivity index (χ3v) is 2.82. The predicted octanol–water partition coefficient (Wildman–Crippen LogP) is 1.34. The van der Waals surface area contributed by atoms with Gasteiger partial charge >= 0.3 is 5.97 Å². The summed E-state index contributed by atoms with van der Waals surface area (Å²) in [6.07, 6.45) is 8.05. The number of nitrogens with one attached hydrogen (secondary N) is 2. The summed E-state index contributed by atoms with van der Waals surface area (Å²) in [5, 5.41) is 14.7. The highest BCUT2D eigenvalue weighted by Gasteiger charge is 2.24. The third kappa shape index (κ3) is 4.62. The zero-order valence-corrected chi connectivity index (χ0v) is 11.4. The highest BCUT2D eigenvalue weighted by atomic mass is 16.4. The van der Waals surface area contributed by atoms with E-state index in [1.807, 2.05) is 38.2 Å². The minimum Gasteiger partial charge on any atom is -0.480 e. The average molecular weight is 264 g/mol. The van der Waals surface area contributed by atoms with Crippen molar-refractivity contribution in [2.24, 2.45) is 0 Å². The molecule has 1 heterocycles. The van der Waals surface area contributed by atoms with Crippen molar-refractivity contribution in [2.75, 3.05) is 0 Å². The van der Waals surface area contributed by atoms with Crippen LogP contribution in [0.25, 0.3) is 0 Å². The van der Waals surface area contributed by atoms with E-state index in [0.29, 0.717) is 0 Å². The van der Waals surface area contributed by atoms with E-state index in [9.17, 15) is 9.59 Å². The van der Waals surface area contributed by atoms with Crippen molar-refractivity contribution in [3.05, 3.63) is 35.6 Å². The van der Waals surface area contributed by atoms with Crippen LogP contribution >= 0.6 is 0 Å². The van der Waals surface area contributed by atoms with E-state index >= 15 is 0 Å². The van der Waals surface area contributed by atoms with Gasteiger partial charge in [0, 0.05) is 25.1 Å². The second-order valence-electron chi connectivity index (χ2n) is 4.52. The number of hydrogen-bond donors (Lipinski definition) is 3. The number of carbonyl (C=O) groups excluding carboxylic acids is 1. The zero-order chi connectivity index (χ0) is 14.4. The van der Waals surface area contributed by atoms with E-state index in [1.165, 1.54) is 6.92 Å². The fraction of sp³-hybridized carbons (Fsp3) is 0.429. The molecule has 19 heavy (non-hydrogen) atoms. The molecule has 0 aliphatic carbocycles. The van der Waals surface area contributed by atoms with Crippen LogP contribution in [-0.4, -0.2) is 29.1 Å². The van der Waals surface area contributed by atoms with E-state index in [-0.39, 0.29) is 18.4 Å². The molecule has 1 aliphatic rings. The lowest BCUT2D eigenvalue weighted by atomic mass is 10.1. The number of carbonyl (C=O) groups is 2. The number of carboxylic acids is 1. The molecule has 1 amide bonds. The van der Waals surface area contributed by atoms with Gasteiger partial charge in [0.25, 0.3) is 0 Å². The summed E-state index contributed by atoms with van der Waals surface area (Å²) >= 11 is 0. The number of carboxylic acid groups (broad SMARTS) is 1. The van der Waals surface area contributed by atoms with Gasteiger partial charge in [0.05, 0.1) is 0 Å². The molecule has 3 N–H and O–H groups in total. The first-order valence-corrected chi connectivity index (χ1v) is 6.24. The molecule has 1 aliphatic heterocycles. The van der Waals surface area contributed by atoms with Crippen molar-refractivity contribution in [2.45, 2.75) is 39.3 Å². The summed E-state index contributed by atoms with van der Waals surface area (Å²) in [4.78, 5) is 22.0. The number of amides is 1. The standard InChI is InChI=1S/C14H20N2O3/c1-4-5-6-11-7-12(15-9(11)2)8-13(14(18)19)16-10(3)17/h4-7,9,13,15H,8H2,1-3H3,(H,16,17)(H,18,19)/b5-4-,11-6-. The highest BCUT2D eigenvalue weighted by molar-refractivity contribution is 5.82. The first-order valence-electron chi connectivity index (χ1n) is 6.24. The van der Waals surface area contributed by atoms with Gasteiger partial charge in [-0.2, -0.15) is 0 Å². The summed E-state index contributed by atoms with van der Waals surface area (Å²) in [5.41, 5.74) is 1.92. The molecule has 0 radical (unpaired) electrons. The lowest BCUT2D eigenvalue weighted by Gasteiger charge is -2.15. The molecule has 0 bridgehead atoms. The van der Waals surface area contributed by atoms with Gasteiger partial charge in [0.15, 0.2) is 0 Å². The molecule has 0 aromatic rings. The van der Waals surface area contributed by atoms with Crippen LogP contribution in [0.1, 0.15) is 27.2 Å². The summed E-state index contributed by atoms with van der Waals surface area (Å²) < 4.78 is 0. The molecule has 0 saturated carbocycles. The Labute approximate surface area is 113 Å². The van der Waals surface area contributed by atoms with Crippen LogP contribution in [0.3, 0.4) is 0 Å². The van der Waals surface area contributed by atoms with E-state index in [4.69, 9.17) is 5.11 Å². The van der Waals surface area contributed by atoms with Crippen molar-refractivity contribution in [3.63, 3.8) is 0 Å². The normalized spacial score (nSPS) is 22.2. The van der Waals surface area contributed by atoms with Crippen LogP contribution in [0.4, 0.5) is 0 Å². The summed E-state index contributed by atoms with van der Waals surface area (Å²) in [7, 11) is 0. The van der Waals surface area contributed by atoms with Crippen molar-refractivity contribution in [3.8, 4) is 0 Å². The Kier molecular flexibility index (Phi) is 5.36. The van der Waals surface area contributed by atoms with Crippen molar-refractivity contribution in [1.29, 1.82) is 0 Å². The van der Waals surface area contributed by atoms with E-state index in [0.717, 1.165) is 11.3 Å². The number of allylic oxidation sites excluding steroid dienone is 3. The molecule has 5 nitrogen and oxygen atoms in total. The van der Waals surface area contributed by atoms with Gasteiger partial charge in [-0.15, -0.1) is 0 Å². The number of aliphatic carboxylic acids is 1. The maximum Gasteiger partial charge on any atom is 0.326 e. The topological polar surface area (TPSA) is 78.4 Å². The molecule has 0 aromatic heterocycles. The second kappa shape index (κ2) is 6.78. The predicted molar refractivity (Wildman–Crippen MR) is 73.4 cm³/mol. The summed E-state index contributed by atoms with van der Waals surface area (Å²) in [6.45, 7) is 5.26. The highest BCUT2D eigenvalue weighted by Crippen LogP contribution is 2.19. The Morgan fingerprint density at radius 1 is 1.58 bits per heavy atom. The molecule has 0 saturated heterocycles. The largest absolute Gasteiger partial charge is 0.480 e. The van der Waals surface area contributed by atoms with Gasteiger partial charge in [-0.3, -0.25) is 4.79 Å². The monoisotopic (exact) mass is 264 g/mol. The molecule has 104 valence electrons.